The summed E-state index contributed by atoms with van der Waals surface area (Å²) in [6, 6.07) is 19.4. The highest BCUT2D eigenvalue weighted by molar-refractivity contribution is 5.91. The van der Waals surface area contributed by atoms with Crippen LogP contribution in [0.2, 0.25) is 0 Å². The van der Waals surface area contributed by atoms with E-state index in [1.54, 1.807) is 25.3 Å². The van der Waals surface area contributed by atoms with Crippen molar-refractivity contribution in [3.8, 4) is 22.8 Å². The number of aliphatic hydroxyl groups excluding tert-OH is 1. The monoisotopic (exact) mass is 422 g/mol. The Bertz CT molecular complexity index is 1140. The zero-order valence-corrected chi connectivity index (χ0v) is 17.0. The molecule has 0 saturated carbocycles. The molecular formula is C24H23FN2O4. The Kier molecular flexibility index (Phi) is 6.45. The van der Waals surface area contributed by atoms with Gasteiger partial charge < -0.3 is 24.4 Å². The molecule has 2 N–H and O–H groups in total. The standard InChI is InChI=1S/C24H23FN2O4/c1-29-21-4-2-3-16(11-21)13-26-14-19(28)15-30-20-8-5-17(6-9-20)24-22-10-7-18(25)12-23(22)31-27-24/h2-12,19,26,28H,13-15H2,1H3/t19-/m0/s1. The molecule has 6 nitrogen and oxygen atoms in total. The van der Waals surface area contributed by atoms with Crippen LogP contribution in [0, 0.1) is 5.82 Å². The average Bonchev–Trinajstić information content (AvgIpc) is 3.21. The lowest BCUT2D eigenvalue weighted by molar-refractivity contribution is 0.106. The van der Waals surface area contributed by atoms with Crippen molar-refractivity contribution in [2.75, 3.05) is 20.3 Å². The molecule has 0 aliphatic carbocycles. The Morgan fingerprint density at radius 1 is 1.06 bits per heavy atom. The molecule has 0 bridgehead atoms. The maximum atomic E-state index is 13.3. The Morgan fingerprint density at radius 2 is 1.90 bits per heavy atom. The van der Waals surface area contributed by atoms with Crippen LogP contribution in [0.3, 0.4) is 0 Å². The van der Waals surface area contributed by atoms with Gasteiger partial charge in [0.2, 0.25) is 0 Å². The number of nitrogens with zero attached hydrogens (tertiary/aromatic N) is 1. The molecule has 0 amide bonds. The van der Waals surface area contributed by atoms with E-state index in [2.05, 4.69) is 10.5 Å². The fraction of sp³-hybridized carbons (Fsp3) is 0.208. The van der Waals surface area contributed by atoms with E-state index < -0.39 is 6.10 Å². The molecule has 1 atom stereocenters. The number of hydrogen-bond acceptors (Lipinski definition) is 6. The van der Waals surface area contributed by atoms with Crippen LogP contribution in [0.5, 0.6) is 11.5 Å². The summed E-state index contributed by atoms with van der Waals surface area (Å²) in [5, 5.41) is 18.2. The second-order valence-corrected chi connectivity index (χ2v) is 7.14. The van der Waals surface area contributed by atoms with Crippen molar-refractivity contribution in [2.45, 2.75) is 12.6 Å². The first kappa shape index (κ1) is 20.8. The fourth-order valence-corrected chi connectivity index (χ4v) is 3.25. The molecule has 7 heteroatoms. The minimum atomic E-state index is -0.653. The number of rotatable bonds is 9. The lowest BCUT2D eigenvalue weighted by atomic mass is 10.1. The van der Waals surface area contributed by atoms with Crippen LogP contribution in [-0.2, 0) is 6.54 Å². The SMILES string of the molecule is COc1cccc(CNC[C@H](O)COc2ccc(-c3noc4cc(F)ccc34)cc2)c1. The lowest BCUT2D eigenvalue weighted by Gasteiger charge is -2.14. The minimum Gasteiger partial charge on any atom is -0.497 e. The second kappa shape index (κ2) is 9.59. The highest BCUT2D eigenvalue weighted by Crippen LogP contribution is 2.29. The summed E-state index contributed by atoms with van der Waals surface area (Å²) in [5.74, 6) is 1.07. The number of benzene rings is 3. The first-order valence-corrected chi connectivity index (χ1v) is 9.92. The number of aromatic nitrogens is 1. The molecule has 0 saturated heterocycles. The third-order valence-electron chi connectivity index (χ3n) is 4.85. The normalized spacial score (nSPS) is 12.1. The summed E-state index contributed by atoms with van der Waals surface area (Å²) in [5.41, 5.74) is 2.95. The van der Waals surface area contributed by atoms with Gasteiger partial charge in [-0.2, -0.15) is 0 Å². The Balaban J connectivity index is 1.28. The molecule has 0 unspecified atom stereocenters. The summed E-state index contributed by atoms with van der Waals surface area (Å²) in [6.45, 7) is 1.19. The first-order valence-electron chi connectivity index (χ1n) is 9.92. The molecule has 1 aromatic heterocycles. The summed E-state index contributed by atoms with van der Waals surface area (Å²) < 4.78 is 29.4. The quantitative estimate of drug-likeness (QED) is 0.422. The minimum absolute atomic E-state index is 0.163. The number of ether oxygens (including phenoxy) is 2. The third kappa shape index (κ3) is 5.20. The highest BCUT2D eigenvalue weighted by Gasteiger charge is 2.12. The van der Waals surface area contributed by atoms with E-state index >= 15 is 0 Å². The predicted octanol–water partition coefficient (Wildman–Crippen LogP) is 4.17. The van der Waals surface area contributed by atoms with Crippen LogP contribution in [0.15, 0.2) is 71.3 Å². The molecule has 0 radical (unpaired) electrons. The van der Waals surface area contributed by atoms with Crippen molar-refractivity contribution in [1.82, 2.24) is 10.5 Å². The van der Waals surface area contributed by atoms with Crippen molar-refractivity contribution in [3.05, 3.63) is 78.1 Å². The van der Waals surface area contributed by atoms with Gasteiger partial charge in [0.05, 0.1) is 7.11 Å². The maximum Gasteiger partial charge on any atom is 0.170 e. The van der Waals surface area contributed by atoms with Crippen LogP contribution >= 0.6 is 0 Å². The molecule has 0 aliphatic heterocycles. The van der Waals surface area contributed by atoms with Crippen molar-refractivity contribution in [1.29, 1.82) is 0 Å². The number of fused-ring (bicyclic) bond motifs is 1. The summed E-state index contributed by atoms with van der Waals surface area (Å²) in [6.07, 6.45) is -0.653. The number of nitrogens with one attached hydrogen (secondary N) is 1. The van der Waals surface area contributed by atoms with E-state index in [4.69, 9.17) is 14.0 Å². The van der Waals surface area contributed by atoms with Crippen LogP contribution in [-0.4, -0.2) is 36.6 Å². The van der Waals surface area contributed by atoms with Gasteiger partial charge in [-0.1, -0.05) is 17.3 Å². The lowest BCUT2D eigenvalue weighted by Crippen LogP contribution is -2.31. The topological polar surface area (TPSA) is 76.8 Å². The third-order valence-corrected chi connectivity index (χ3v) is 4.85. The molecule has 160 valence electrons. The van der Waals surface area contributed by atoms with Crippen LogP contribution in [0.4, 0.5) is 4.39 Å². The summed E-state index contributed by atoms with van der Waals surface area (Å²) in [7, 11) is 1.63. The highest BCUT2D eigenvalue weighted by atomic mass is 19.1. The van der Waals surface area contributed by atoms with Crippen LogP contribution in [0.1, 0.15) is 5.56 Å². The van der Waals surface area contributed by atoms with Gasteiger partial charge in [0.25, 0.3) is 0 Å². The van der Waals surface area contributed by atoms with Crippen molar-refractivity contribution in [3.63, 3.8) is 0 Å². The largest absolute Gasteiger partial charge is 0.497 e. The van der Waals surface area contributed by atoms with Gasteiger partial charge in [-0.25, -0.2) is 4.39 Å². The van der Waals surface area contributed by atoms with Crippen LogP contribution in [0.25, 0.3) is 22.2 Å². The van der Waals surface area contributed by atoms with E-state index in [0.29, 0.717) is 30.1 Å². The van der Waals surface area contributed by atoms with Gasteiger partial charge in [0.1, 0.15) is 35.7 Å². The molecule has 3 aromatic carbocycles. The molecule has 0 fully saturated rings. The van der Waals surface area contributed by atoms with Gasteiger partial charge in [-0.15, -0.1) is 0 Å². The fourth-order valence-electron chi connectivity index (χ4n) is 3.25. The summed E-state index contributed by atoms with van der Waals surface area (Å²) in [4.78, 5) is 0. The zero-order valence-electron chi connectivity index (χ0n) is 17.0. The maximum absolute atomic E-state index is 13.3. The molecule has 0 spiro atoms. The van der Waals surface area contributed by atoms with E-state index in [-0.39, 0.29) is 12.4 Å². The van der Waals surface area contributed by atoms with Gasteiger partial charge in [-0.05, 0) is 54.1 Å². The smallest absolute Gasteiger partial charge is 0.170 e. The second-order valence-electron chi connectivity index (χ2n) is 7.14. The first-order chi connectivity index (χ1) is 15.1. The number of aliphatic hydroxyl groups is 1. The van der Waals surface area contributed by atoms with Crippen molar-refractivity contribution in [2.24, 2.45) is 0 Å². The predicted molar refractivity (Wildman–Crippen MR) is 116 cm³/mol. The molecule has 0 aliphatic rings. The van der Waals surface area contributed by atoms with E-state index in [9.17, 15) is 9.50 Å². The molecular weight excluding hydrogens is 399 g/mol. The molecule has 4 rings (SSSR count). The van der Waals surface area contributed by atoms with E-state index in [1.807, 2.05) is 36.4 Å². The van der Waals surface area contributed by atoms with E-state index in [0.717, 1.165) is 22.3 Å². The van der Waals surface area contributed by atoms with E-state index in [1.165, 1.54) is 12.1 Å². The Hall–Kier alpha value is -3.42. The number of halogens is 1. The molecule has 31 heavy (non-hydrogen) atoms. The molecule has 1 heterocycles. The van der Waals surface area contributed by atoms with Gasteiger partial charge >= 0.3 is 0 Å². The average molecular weight is 422 g/mol. The number of hydrogen-bond donors (Lipinski definition) is 2. The Morgan fingerprint density at radius 3 is 2.71 bits per heavy atom. The van der Waals surface area contributed by atoms with Gasteiger partial charge in [0, 0.05) is 30.1 Å². The van der Waals surface area contributed by atoms with Gasteiger partial charge in [0.15, 0.2) is 5.58 Å². The van der Waals surface area contributed by atoms with Crippen LogP contribution < -0.4 is 14.8 Å². The number of methoxy groups -OCH3 is 1. The zero-order chi connectivity index (χ0) is 21.6. The van der Waals surface area contributed by atoms with Gasteiger partial charge in [-0.3, -0.25) is 0 Å². The summed E-state index contributed by atoms with van der Waals surface area (Å²) >= 11 is 0. The van der Waals surface area contributed by atoms with Crippen molar-refractivity contribution < 1.29 is 23.5 Å². The Labute approximate surface area is 179 Å². The van der Waals surface area contributed by atoms with Crippen molar-refractivity contribution >= 4 is 11.0 Å². The molecule has 4 aromatic rings.